The summed E-state index contributed by atoms with van der Waals surface area (Å²) in [5.41, 5.74) is -2.40. The van der Waals surface area contributed by atoms with Crippen LogP contribution in [-0.4, -0.2) is 54.3 Å². The molecular weight excluding hydrogens is 418 g/mol. The van der Waals surface area contributed by atoms with Crippen molar-refractivity contribution in [2.24, 2.45) is 22.7 Å². The minimum absolute atomic E-state index is 0.0216. The number of rotatable bonds is 9. The Morgan fingerprint density at radius 3 is 2.19 bits per heavy atom. The van der Waals surface area contributed by atoms with Gasteiger partial charge < -0.3 is 19.7 Å². The molecule has 0 aliphatic carbocycles. The van der Waals surface area contributed by atoms with Crippen molar-refractivity contribution in [3.05, 3.63) is 24.3 Å². The van der Waals surface area contributed by atoms with Crippen molar-refractivity contribution in [3.8, 4) is 5.75 Å². The van der Waals surface area contributed by atoms with Crippen LogP contribution >= 0.6 is 0 Å². The fraction of sp³-hybridized carbons (Fsp3) is 0.565. The number of amides is 2. The minimum Gasteiger partial charge on any atom is -0.508 e. The molecule has 32 heavy (non-hydrogen) atoms. The molecule has 1 aromatic rings. The number of phenols is 1. The van der Waals surface area contributed by atoms with Crippen molar-refractivity contribution in [1.29, 1.82) is 0 Å². The zero-order chi connectivity index (χ0) is 24.3. The standard InChI is InChI=1S/C23H31NO8/c1-6-22(3,20(29)31-5)13-23(4,21(30)32-12-11-25)17-14(2)18(27)24(19(17)28)15-7-9-16(26)10-8-15/h7-10,14,17,25-26H,6,11-13H2,1-5H3. The Labute approximate surface area is 187 Å². The van der Waals surface area contributed by atoms with Gasteiger partial charge >= 0.3 is 11.9 Å². The Morgan fingerprint density at radius 1 is 1.09 bits per heavy atom. The van der Waals surface area contributed by atoms with Crippen molar-refractivity contribution < 1.29 is 38.9 Å². The third-order valence-electron chi connectivity index (χ3n) is 6.40. The first kappa shape index (κ1) is 25.3. The van der Waals surface area contributed by atoms with Gasteiger partial charge in [0.1, 0.15) is 12.4 Å². The molecule has 2 rings (SSSR count). The highest BCUT2D eigenvalue weighted by atomic mass is 16.5. The van der Waals surface area contributed by atoms with Crippen LogP contribution in [0.25, 0.3) is 0 Å². The van der Waals surface area contributed by atoms with E-state index in [4.69, 9.17) is 14.6 Å². The van der Waals surface area contributed by atoms with Gasteiger partial charge in [0.2, 0.25) is 11.8 Å². The number of hydrogen-bond donors (Lipinski definition) is 2. The molecule has 4 unspecified atom stereocenters. The lowest BCUT2D eigenvalue weighted by Crippen LogP contribution is -2.48. The molecule has 176 valence electrons. The predicted octanol–water partition coefficient (Wildman–Crippen LogP) is 2.04. The Kier molecular flexibility index (Phi) is 7.66. The third-order valence-corrected chi connectivity index (χ3v) is 6.40. The van der Waals surface area contributed by atoms with E-state index in [2.05, 4.69) is 0 Å². The van der Waals surface area contributed by atoms with E-state index in [-0.39, 0.29) is 24.5 Å². The van der Waals surface area contributed by atoms with Gasteiger partial charge in [0.15, 0.2) is 0 Å². The van der Waals surface area contributed by atoms with E-state index in [1.807, 2.05) is 0 Å². The van der Waals surface area contributed by atoms with E-state index >= 15 is 0 Å². The van der Waals surface area contributed by atoms with Gasteiger partial charge in [-0.3, -0.25) is 24.1 Å². The first-order chi connectivity index (χ1) is 15.0. The second-order valence-corrected chi connectivity index (χ2v) is 8.65. The maximum absolute atomic E-state index is 13.5. The molecular formula is C23H31NO8. The molecule has 1 saturated heterocycles. The summed E-state index contributed by atoms with van der Waals surface area (Å²) in [6.45, 7) is 5.79. The molecule has 2 N–H and O–H groups in total. The van der Waals surface area contributed by atoms with E-state index < -0.39 is 53.0 Å². The molecule has 1 aromatic carbocycles. The number of ether oxygens (including phenoxy) is 2. The maximum Gasteiger partial charge on any atom is 0.312 e. The second kappa shape index (κ2) is 9.68. The average Bonchev–Trinajstić information content (AvgIpc) is 3.00. The van der Waals surface area contributed by atoms with Crippen LogP contribution in [-0.2, 0) is 28.7 Å². The number of carbonyl (C=O) groups is 4. The first-order valence-electron chi connectivity index (χ1n) is 10.5. The van der Waals surface area contributed by atoms with Gasteiger partial charge in [-0.2, -0.15) is 0 Å². The number of hydrogen-bond acceptors (Lipinski definition) is 8. The summed E-state index contributed by atoms with van der Waals surface area (Å²) in [6.07, 6.45) is 0.234. The lowest BCUT2D eigenvalue weighted by atomic mass is 9.63. The second-order valence-electron chi connectivity index (χ2n) is 8.65. The molecule has 4 atom stereocenters. The Balaban J connectivity index is 2.55. The number of aliphatic hydroxyl groups excluding tert-OH is 1. The van der Waals surface area contributed by atoms with E-state index in [0.717, 1.165) is 4.90 Å². The maximum atomic E-state index is 13.5. The number of phenolic OH excluding ortho intramolecular Hbond substituents is 1. The molecule has 1 aliphatic heterocycles. The van der Waals surface area contributed by atoms with Crippen LogP contribution in [0.3, 0.4) is 0 Å². The summed E-state index contributed by atoms with van der Waals surface area (Å²) in [5, 5.41) is 18.6. The van der Waals surface area contributed by atoms with Crippen molar-refractivity contribution in [2.75, 3.05) is 25.2 Å². The molecule has 1 aliphatic rings. The van der Waals surface area contributed by atoms with Crippen molar-refractivity contribution in [1.82, 2.24) is 0 Å². The van der Waals surface area contributed by atoms with Crippen molar-refractivity contribution in [2.45, 2.75) is 40.5 Å². The normalized spacial score (nSPS) is 22.2. The van der Waals surface area contributed by atoms with Crippen LogP contribution in [0.15, 0.2) is 24.3 Å². The number of esters is 2. The number of aliphatic hydroxyl groups is 1. The van der Waals surface area contributed by atoms with Crippen LogP contribution in [0.5, 0.6) is 5.75 Å². The van der Waals surface area contributed by atoms with Gasteiger partial charge in [0, 0.05) is 5.92 Å². The van der Waals surface area contributed by atoms with Gasteiger partial charge in [-0.05, 0) is 51.0 Å². The number of anilines is 1. The largest absolute Gasteiger partial charge is 0.508 e. The summed E-state index contributed by atoms with van der Waals surface area (Å²) < 4.78 is 10.1. The zero-order valence-corrected chi connectivity index (χ0v) is 19.1. The van der Waals surface area contributed by atoms with Gasteiger partial charge in [0.05, 0.1) is 36.2 Å². The highest BCUT2D eigenvalue weighted by Gasteiger charge is 2.60. The van der Waals surface area contributed by atoms with E-state index in [1.54, 1.807) is 20.8 Å². The number of aromatic hydroxyl groups is 1. The quantitative estimate of drug-likeness (QED) is 0.433. The highest BCUT2D eigenvalue weighted by Crippen LogP contribution is 2.49. The summed E-state index contributed by atoms with van der Waals surface area (Å²) in [6, 6.07) is 5.58. The summed E-state index contributed by atoms with van der Waals surface area (Å²) >= 11 is 0. The number of imide groups is 1. The Hall–Kier alpha value is -2.94. The van der Waals surface area contributed by atoms with Gasteiger partial charge in [-0.25, -0.2) is 0 Å². The lowest BCUT2D eigenvalue weighted by Gasteiger charge is -2.39. The lowest BCUT2D eigenvalue weighted by molar-refractivity contribution is -0.169. The third kappa shape index (κ3) is 4.48. The van der Waals surface area contributed by atoms with E-state index in [0.29, 0.717) is 6.42 Å². The highest BCUT2D eigenvalue weighted by molar-refractivity contribution is 6.23. The van der Waals surface area contributed by atoms with Crippen LogP contribution in [0.1, 0.15) is 40.5 Å². The van der Waals surface area contributed by atoms with Crippen LogP contribution in [0, 0.1) is 22.7 Å². The number of carbonyl (C=O) groups excluding carboxylic acids is 4. The smallest absolute Gasteiger partial charge is 0.312 e. The molecule has 2 amide bonds. The predicted molar refractivity (Wildman–Crippen MR) is 114 cm³/mol. The molecule has 9 heteroatoms. The molecule has 0 saturated carbocycles. The Morgan fingerprint density at radius 2 is 1.69 bits per heavy atom. The van der Waals surface area contributed by atoms with Gasteiger partial charge in [0.25, 0.3) is 0 Å². The number of nitrogens with zero attached hydrogens (tertiary/aromatic N) is 1. The zero-order valence-electron chi connectivity index (χ0n) is 19.1. The SMILES string of the molecule is CCC(C)(CC(C)(C(=O)OCCO)C1C(=O)N(c2ccc(O)cc2)C(=O)C1C)C(=O)OC. The molecule has 0 spiro atoms. The first-order valence-corrected chi connectivity index (χ1v) is 10.5. The summed E-state index contributed by atoms with van der Waals surface area (Å²) in [5.74, 6) is -4.41. The van der Waals surface area contributed by atoms with Crippen LogP contribution < -0.4 is 4.90 Å². The number of benzene rings is 1. The summed E-state index contributed by atoms with van der Waals surface area (Å²) in [4.78, 5) is 53.3. The van der Waals surface area contributed by atoms with E-state index in [1.165, 1.54) is 38.3 Å². The molecule has 1 fully saturated rings. The number of methoxy groups -OCH3 is 1. The summed E-state index contributed by atoms with van der Waals surface area (Å²) in [7, 11) is 1.25. The minimum atomic E-state index is -1.55. The fourth-order valence-corrected chi connectivity index (χ4v) is 4.50. The monoisotopic (exact) mass is 449 g/mol. The average molecular weight is 450 g/mol. The topological polar surface area (TPSA) is 130 Å². The molecule has 1 heterocycles. The van der Waals surface area contributed by atoms with Crippen molar-refractivity contribution >= 4 is 29.4 Å². The Bertz CT molecular complexity index is 882. The van der Waals surface area contributed by atoms with Crippen LogP contribution in [0.4, 0.5) is 5.69 Å². The van der Waals surface area contributed by atoms with Gasteiger partial charge in [-0.15, -0.1) is 0 Å². The van der Waals surface area contributed by atoms with Crippen LogP contribution in [0.2, 0.25) is 0 Å². The molecule has 9 nitrogen and oxygen atoms in total. The fourth-order valence-electron chi connectivity index (χ4n) is 4.50. The molecule has 0 radical (unpaired) electrons. The molecule has 0 aromatic heterocycles. The van der Waals surface area contributed by atoms with Gasteiger partial charge in [-0.1, -0.05) is 13.8 Å². The molecule has 0 bridgehead atoms. The van der Waals surface area contributed by atoms with E-state index in [9.17, 15) is 24.3 Å². The van der Waals surface area contributed by atoms with Crippen molar-refractivity contribution in [3.63, 3.8) is 0 Å².